The maximum atomic E-state index is 14.2. The van der Waals surface area contributed by atoms with Crippen LogP contribution in [0.3, 0.4) is 0 Å². The monoisotopic (exact) mass is 488 g/mol. The minimum absolute atomic E-state index is 0.0128. The highest BCUT2D eigenvalue weighted by molar-refractivity contribution is 6.31. The third-order valence-corrected chi connectivity index (χ3v) is 5.16. The van der Waals surface area contributed by atoms with E-state index >= 15 is 0 Å². The van der Waals surface area contributed by atoms with Gasteiger partial charge in [-0.15, -0.1) is 0 Å². The van der Waals surface area contributed by atoms with E-state index in [0.717, 1.165) is 6.07 Å². The van der Waals surface area contributed by atoms with Gasteiger partial charge in [-0.3, -0.25) is 9.78 Å². The van der Waals surface area contributed by atoms with Gasteiger partial charge in [0.2, 0.25) is 0 Å². The number of amidine groups is 1. The molecule has 2 N–H and O–H groups in total. The van der Waals surface area contributed by atoms with Crippen molar-refractivity contribution in [3.63, 3.8) is 0 Å². The van der Waals surface area contributed by atoms with E-state index in [1.165, 1.54) is 48.5 Å². The van der Waals surface area contributed by atoms with Crippen LogP contribution in [0.25, 0.3) is 5.69 Å². The first-order valence-electron chi connectivity index (χ1n) is 9.08. The topological polar surface area (TPSA) is 79.2 Å². The molecule has 2 aromatic carbocycles. The number of aromatic nitrogens is 2. The highest BCUT2D eigenvalue weighted by Crippen LogP contribution is 2.55. The summed E-state index contributed by atoms with van der Waals surface area (Å²) in [5.74, 6) is -1.90. The van der Waals surface area contributed by atoms with Crippen LogP contribution in [0.1, 0.15) is 11.1 Å². The minimum Gasteiger partial charge on any atom is -0.325 e. The molecule has 0 atom stereocenters. The lowest BCUT2D eigenvalue weighted by atomic mass is 9.87. The second-order valence-electron chi connectivity index (χ2n) is 6.96. The summed E-state index contributed by atoms with van der Waals surface area (Å²) in [7, 11) is 0. The number of rotatable bonds is 2. The molecule has 4 rings (SSSR count). The molecule has 0 saturated carbocycles. The fourth-order valence-corrected chi connectivity index (χ4v) is 3.71. The van der Waals surface area contributed by atoms with Crippen LogP contribution in [0.15, 0.2) is 69.2 Å². The molecule has 0 bridgehead atoms. The van der Waals surface area contributed by atoms with Crippen LogP contribution in [-0.2, 0) is 5.54 Å². The van der Waals surface area contributed by atoms with Gasteiger partial charge in [-0.05, 0) is 24.3 Å². The number of para-hydroxylation sites is 1. The first kappa shape index (κ1) is 22.6. The molecule has 0 aliphatic carbocycles. The van der Waals surface area contributed by atoms with Crippen LogP contribution in [0.5, 0.6) is 0 Å². The van der Waals surface area contributed by atoms with Crippen molar-refractivity contribution in [3.8, 4) is 5.69 Å². The fraction of sp³-hybridized carbons (Fsp3) is 0.150. The van der Waals surface area contributed by atoms with Crippen LogP contribution in [0.2, 0.25) is 5.02 Å². The molecule has 33 heavy (non-hydrogen) atoms. The predicted octanol–water partition coefficient (Wildman–Crippen LogP) is 4.37. The Balaban J connectivity index is 2.19. The van der Waals surface area contributed by atoms with Gasteiger partial charge in [0.15, 0.2) is 0 Å². The van der Waals surface area contributed by atoms with Crippen molar-refractivity contribution in [3.05, 3.63) is 91.6 Å². The molecule has 0 fully saturated rings. The van der Waals surface area contributed by atoms with Gasteiger partial charge in [-0.25, -0.2) is 14.4 Å². The molecule has 0 spiro atoms. The number of aliphatic imine (C=N–C) groups is 1. The Kier molecular flexibility index (Phi) is 5.15. The predicted molar refractivity (Wildman–Crippen MR) is 108 cm³/mol. The normalized spacial score (nSPS) is 15.4. The molecule has 1 aliphatic rings. The van der Waals surface area contributed by atoms with Gasteiger partial charge < -0.3 is 5.32 Å². The summed E-state index contributed by atoms with van der Waals surface area (Å²) in [5.41, 5.74) is -10.2. The molecule has 0 unspecified atom stereocenters. The summed E-state index contributed by atoms with van der Waals surface area (Å²) in [6.45, 7) is 0. The molecule has 3 aromatic rings. The fourth-order valence-electron chi connectivity index (χ4n) is 3.52. The average molecular weight is 489 g/mol. The molecule has 1 aromatic heterocycles. The number of nitrogens with zero attached hydrogens (tertiary/aromatic N) is 2. The highest BCUT2D eigenvalue weighted by Gasteiger charge is 2.75. The number of hydrogen-bond donors (Lipinski definition) is 2. The summed E-state index contributed by atoms with van der Waals surface area (Å²) in [6, 6.07) is 11.8. The lowest BCUT2D eigenvalue weighted by Gasteiger charge is -2.38. The van der Waals surface area contributed by atoms with Crippen molar-refractivity contribution in [2.75, 3.05) is 5.32 Å². The number of nitrogens with one attached hydrogen (secondary N) is 2. The second-order valence-corrected chi connectivity index (χ2v) is 7.39. The second kappa shape index (κ2) is 7.51. The van der Waals surface area contributed by atoms with E-state index in [4.69, 9.17) is 11.6 Å². The van der Waals surface area contributed by atoms with E-state index in [2.05, 4.69) is 10.3 Å². The quantitative estimate of drug-likeness (QED) is 0.526. The number of halogens is 7. The summed E-state index contributed by atoms with van der Waals surface area (Å²) >= 11 is 5.86. The highest BCUT2D eigenvalue weighted by atomic mass is 35.5. The maximum absolute atomic E-state index is 14.2. The number of hydrogen-bond acceptors (Lipinski definition) is 4. The van der Waals surface area contributed by atoms with E-state index in [-0.39, 0.29) is 16.3 Å². The van der Waals surface area contributed by atoms with Crippen LogP contribution in [0, 0.1) is 0 Å². The molecule has 0 amide bonds. The maximum Gasteiger partial charge on any atom is 0.427 e. The van der Waals surface area contributed by atoms with Gasteiger partial charge in [0.05, 0.1) is 5.69 Å². The van der Waals surface area contributed by atoms with Crippen molar-refractivity contribution in [2.45, 2.75) is 17.9 Å². The van der Waals surface area contributed by atoms with Crippen LogP contribution < -0.4 is 16.6 Å². The number of fused-ring (bicyclic) bond motifs is 1. The van der Waals surface area contributed by atoms with Gasteiger partial charge in [-0.1, -0.05) is 41.9 Å². The summed E-state index contributed by atoms with van der Waals surface area (Å²) in [5, 5.41) is 2.34. The Morgan fingerprint density at radius 2 is 1.55 bits per heavy atom. The number of aromatic amines is 1. The van der Waals surface area contributed by atoms with Gasteiger partial charge in [-0.2, -0.15) is 26.3 Å². The Labute approximate surface area is 185 Å². The molecule has 2 heterocycles. The Morgan fingerprint density at radius 1 is 0.909 bits per heavy atom. The molecular formula is C20H11ClF6N4O2. The summed E-state index contributed by atoms with van der Waals surface area (Å²) in [4.78, 5) is 29.6. The largest absolute Gasteiger partial charge is 0.427 e. The Hall–Kier alpha value is -3.54. The van der Waals surface area contributed by atoms with Crippen LogP contribution in [-0.4, -0.2) is 27.7 Å². The Morgan fingerprint density at radius 3 is 2.12 bits per heavy atom. The van der Waals surface area contributed by atoms with E-state index < -0.39 is 46.4 Å². The van der Waals surface area contributed by atoms with Crippen LogP contribution in [0.4, 0.5) is 32.2 Å². The zero-order chi connectivity index (χ0) is 24.2. The van der Waals surface area contributed by atoms with E-state index in [1.54, 1.807) is 4.98 Å². The number of H-pyrrole nitrogens is 1. The molecule has 13 heteroatoms. The zero-order valence-corrected chi connectivity index (χ0v) is 16.8. The summed E-state index contributed by atoms with van der Waals surface area (Å²) in [6.07, 6.45) is -12.2. The van der Waals surface area contributed by atoms with Gasteiger partial charge >= 0.3 is 18.0 Å². The average Bonchev–Trinajstić information content (AvgIpc) is 2.72. The zero-order valence-electron chi connectivity index (χ0n) is 16.1. The van der Waals surface area contributed by atoms with Crippen molar-refractivity contribution in [1.82, 2.24) is 9.55 Å². The molecule has 0 saturated heterocycles. The molecule has 0 radical (unpaired) electrons. The Bertz CT molecular complexity index is 1360. The number of benzene rings is 2. The van der Waals surface area contributed by atoms with Crippen molar-refractivity contribution in [1.29, 1.82) is 0 Å². The molecule has 172 valence electrons. The number of alkyl halides is 6. The standard InChI is InChI=1S/C20H11ClF6N4O2/c21-11-6-4-5-10(9-11)14-28-15-13(18(30-14,19(22,23)24)20(25,26)27)16(32)29-17(33)31(15)12-7-2-1-3-8-12/h1-9H,(H,28,30)(H,29,32,33). The van der Waals surface area contributed by atoms with Gasteiger partial charge in [0, 0.05) is 10.6 Å². The van der Waals surface area contributed by atoms with Gasteiger partial charge in [0.25, 0.3) is 11.1 Å². The van der Waals surface area contributed by atoms with Crippen LogP contribution >= 0.6 is 11.6 Å². The van der Waals surface area contributed by atoms with Crippen molar-refractivity contribution >= 4 is 23.3 Å². The molecule has 6 nitrogen and oxygen atoms in total. The lowest BCUT2D eigenvalue weighted by Crippen LogP contribution is -2.59. The van der Waals surface area contributed by atoms with Gasteiger partial charge in [0.1, 0.15) is 17.2 Å². The van der Waals surface area contributed by atoms with E-state index in [9.17, 15) is 35.9 Å². The SMILES string of the molecule is O=c1[nH]c(=O)n(-c2ccccc2)c2c1C(C(F)(F)F)(C(F)(F)F)N=C(c1cccc(Cl)c1)N2. The first-order chi connectivity index (χ1) is 15.4. The summed E-state index contributed by atoms with van der Waals surface area (Å²) < 4.78 is 85.9. The minimum atomic E-state index is -6.10. The lowest BCUT2D eigenvalue weighted by molar-refractivity contribution is -0.301. The first-order valence-corrected chi connectivity index (χ1v) is 9.46. The third-order valence-electron chi connectivity index (χ3n) is 4.92. The third kappa shape index (κ3) is 3.50. The van der Waals surface area contributed by atoms with Crippen molar-refractivity contribution in [2.24, 2.45) is 4.99 Å². The van der Waals surface area contributed by atoms with Crippen molar-refractivity contribution < 1.29 is 26.3 Å². The smallest absolute Gasteiger partial charge is 0.325 e. The molecule has 1 aliphatic heterocycles. The molecular weight excluding hydrogens is 478 g/mol. The van der Waals surface area contributed by atoms with E-state index in [1.807, 2.05) is 0 Å². The van der Waals surface area contributed by atoms with E-state index in [0.29, 0.717) is 4.57 Å². The number of anilines is 1.